The molecule has 1 unspecified atom stereocenters. The molecule has 6 nitrogen and oxygen atoms in total. The van der Waals surface area contributed by atoms with Crippen LogP contribution in [0.3, 0.4) is 0 Å². The molecular formula is C27H29F3N2O4S. The number of alkyl halides is 3. The van der Waals surface area contributed by atoms with E-state index in [0.717, 1.165) is 34.6 Å². The number of ether oxygens (including phenoxy) is 2. The van der Waals surface area contributed by atoms with Gasteiger partial charge >= 0.3 is 12.1 Å². The molecule has 0 fully saturated rings. The Morgan fingerprint density at radius 3 is 2.30 bits per heavy atom. The molecule has 0 spiro atoms. The summed E-state index contributed by atoms with van der Waals surface area (Å²) in [5.74, 6) is -0.297. The SMILES string of the molecule is CCOC(=O)C(C)(C)Oc1ccc(C(C)NC(=O)c2sc(-c3ccc(C(F)(F)F)cc3)nc2C)c(C)c1. The Hall–Kier alpha value is -3.40. The van der Waals surface area contributed by atoms with Crippen molar-refractivity contribution < 1.29 is 32.2 Å². The Morgan fingerprint density at radius 1 is 1.08 bits per heavy atom. The number of nitrogens with one attached hydrogen (secondary N) is 1. The van der Waals surface area contributed by atoms with Gasteiger partial charge in [0.25, 0.3) is 5.91 Å². The van der Waals surface area contributed by atoms with E-state index in [1.165, 1.54) is 12.1 Å². The summed E-state index contributed by atoms with van der Waals surface area (Å²) < 4.78 is 49.4. The summed E-state index contributed by atoms with van der Waals surface area (Å²) in [6, 6.07) is 9.69. The lowest BCUT2D eigenvalue weighted by Crippen LogP contribution is -2.39. The number of rotatable bonds is 8. The highest BCUT2D eigenvalue weighted by Crippen LogP contribution is 2.33. The largest absolute Gasteiger partial charge is 0.476 e. The van der Waals surface area contributed by atoms with E-state index >= 15 is 0 Å². The molecule has 1 amide bonds. The highest BCUT2D eigenvalue weighted by atomic mass is 32.1. The van der Waals surface area contributed by atoms with Crippen LogP contribution in [0.5, 0.6) is 5.75 Å². The maximum absolute atomic E-state index is 13.0. The molecule has 0 aliphatic carbocycles. The van der Waals surface area contributed by atoms with Crippen molar-refractivity contribution in [2.24, 2.45) is 0 Å². The quantitative estimate of drug-likeness (QED) is 0.327. The zero-order chi connectivity index (χ0) is 27.5. The molecule has 37 heavy (non-hydrogen) atoms. The van der Waals surface area contributed by atoms with E-state index < -0.39 is 23.3 Å². The van der Waals surface area contributed by atoms with E-state index in [9.17, 15) is 22.8 Å². The summed E-state index contributed by atoms with van der Waals surface area (Å²) in [5, 5.41) is 3.42. The Kier molecular flexibility index (Phi) is 8.32. The number of hydrogen-bond donors (Lipinski definition) is 1. The number of benzene rings is 2. The molecule has 2 aromatic carbocycles. The predicted octanol–water partition coefficient (Wildman–Crippen LogP) is 6.66. The third-order valence-electron chi connectivity index (χ3n) is 5.66. The fourth-order valence-electron chi connectivity index (χ4n) is 3.71. The van der Waals surface area contributed by atoms with Crippen LogP contribution in [0.4, 0.5) is 13.2 Å². The third-order valence-corrected chi connectivity index (χ3v) is 6.86. The minimum atomic E-state index is -4.42. The molecule has 1 heterocycles. The number of carbonyl (C=O) groups is 2. The standard InChI is InChI=1S/C27H29F3N2O4S/c1-7-35-25(34)26(5,6)36-20-12-13-21(15(2)14-20)16(3)31-23(33)22-17(4)32-24(37-22)18-8-10-19(11-9-18)27(28,29)30/h8-14,16H,7H2,1-6H3,(H,31,33). The van der Waals surface area contributed by atoms with Crippen molar-refractivity contribution >= 4 is 23.2 Å². The molecule has 0 bridgehead atoms. The van der Waals surface area contributed by atoms with Gasteiger partial charge in [-0.25, -0.2) is 9.78 Å². The topological polar surface area (TPSA) is 77.5 Å². The van der Waals surface area contributed by atoms with Gasteiger partial charge in [-0.2, -0.15) is 13.2 Å². The Balaban J connectivity index is 1.72. The van der Waals surface area contributed by atoms with Crippen LogP contribution < -0.4 is 10.1 Å². The Labute approximate surface area is 217 Å². The molecule has 10 heteroatoms. The number of aromatic nitrogens is 1. The van der Waals surface area contributed by atoms with Crippen molar-refractivity contribution in [3.63, 3.8) is 0 Å². The van der Waals surface area contributed by atoms with Gasteiger partial charge in [0.15, 0.2) is 5.60 Å². The minimum absolute atomic E-state index is 0.256. The summed E-state index contributed by atoms with van der Waals surface area (Å²) in [4.78, 5) is 29.9. The van der Waals surface area contributed by atoms with Crippen LogP contribution in [-0.4, -0.2) is 29.1 Å². The lowest BCUT2D eigenvalue weighted by molar-refractivity contribution is -0.158. The minimum Gasteiger partial charge on any atom is -0.476 e. The lowest BCUT2D eigenvalue weighted by atomic mass is 10.0. The molecule has 3 aromatic rings. The number of amides is 1. The number of carbonyl (C=O) groups excluding carboxylic acids is 2. The molecule has 0 radical (unpaired) electrons. The van der Waals surface area contributed by atoms with Crippen molar-refractivity contribution in [2.75, 3.05) is 6.61 Å². The van der Waals surface area contributed by atoms with Crippen molar-refractivity contribution in [2.45, 2.75) is 59.4 Å². The van der Waals surface area contributed by atoms with Gasteiger partial charge in [-0.15, -0.1) is 11.3 Å². The van der Waals surface area contributed by atoms with Crippen LogP contribution in [0.25, 0.3) is 10.6 Å². The van der Waals surface area contributed by atoms with Crippen LogP contribution in [0.1, 0.15) is 65.8 Å². The van der Waals surface area contributed by atoms with Crippen LogP contribution in [0.2, 0.25) is 0 Å². The first-order valence-corrected chi connectivity index (χ1v) is 12.5. The van der Waals surface area contributed by atoms with Gasteiger partial charge in [0.05, 0.1) is 23.9 Å². The second kappa shape index (κ2) is 10.9. The van der Waals surface area contributed by atoms with Gasteiger partial charge in [-0.05, 0) is 76.9 Å². The summed E-state index contributed by atoms with van der Waals surface area (Å²) in [5.41, 5.74) is 0.818. The predicted molar refractivity (Wildman–Crippen MR) is 136 cm³/mol. The molecule has 3 rings (SSSR count). The molecule has 0 saturated carbocycles. The molecule has 0 saturated heterocycles. The van der Waals surface area contributed by atoms with E-state index in [1.54, 1.807) is 39.8 Å². The second-order valence-corrected chi connectivity index (χ2v) is 10.1. The fraction of sp³-hybridized carbons (Fsp3) is 0.370. The maximum Gasteiger partial charge on any atom is 0.416 e. The summed E-state index contributed by atoms with van der Waals surface area (Å²) in [6.45, 7) is 10.7. The van der Waals surface area contributed by atoms with Gasteiger partial charge in [-0.1, -0.05) is 18.2 Å². The summed E-state index contributed by atoms with van der Waals surface area (Å²) in [6.07, 6.45) is -4.42. The van der Waals surface area contributed by atoms with Gasteiger partial charge in [0, 0.05) is 5.56 Å². The highest BCUT2D eigenvalue weighted by molar-refractivity contribution is 7.17. The second-order valence-electron chi connectivity index (χ2n) is 9.06. The fourth-order valence-corrected chi connectivity index (χ4v) is 4.69. The van der Waals surface area contributed by atoms with Gasteiger partial charge in [-0.3, -0.25) is 4.79 Å². The number of aryl methyl sites for hydroxylation is 2. The maximum atomic E-state index is 13.0. The van der Waals surface area contributed by atoms with Crippen molar-refractivity contribution in [3.8, 4) is 16.3 Å². The first-order chi connectivity index (χ1) is 17.2. The normalized spacial score (nSPS) is 12.7. The van der Waals surface area contributed by atoms with Crippen LogP contribution in [0, 0.1) is 13.8 Å². The summed E-state index contributed by atoms with van der Waals surface area (Å²) >= 11 is 1.12. The zero-order valence-electron chi connectivity index (χ0n) is 21.4. The molecule has 198 valence electrons. The van der Waals surface area contributed by atoms with Gasteiger partial charge < -0.3 is 14.8 Å². The van der Waals surface area contributed by atoms with Crippen molar-refractivity contribution in [1.82, 2.24) is 10.3 Å². The Morgan fingerprint density at radius 2 is 1.73 bits per heavy atom. The van der Waals surface area contributed by atoms with E-state index in [4.69, 9.17) is 9.47 Å². The first-order valence-electron chi connectivity index (χ1n) is 11.7. The van der Waals surface area contributed by atoms with Crippen LogP contribution in [-0.2, 0) is 15.7 Å². The average molecular weight is 535 g/mol. The number of esters is 1. The average Bonchev–Trinajstić information content (AvgIpc) is 3.20. The third kappa shape index (κ3) is 6.68. The first kappa shape index (κ1) is 28.2. The van der Waals surface area contributed by atoms with Crippen molar-refractivity contribution in [1.29, 1.82) is 0 Å². The van der Waals surface area contributed by atoms with Crippen LogP contribution >= 0.6 is 11.3 Å². The van der Waals surface area contributed by atoms with Crippen molar-refractivity contribution in [3.05, 3.63) is 69.7 Å². The van der Waals surface area contributed by atoms with E-state index in [0.29, 0.717) is 26.9 Å². The molecule has 1 aromatic heterocycles. The smallest absolute Gasteiger partial charge is 0.416 e. The highest BCUT2D eigenvalue weighted by Gasteiger charge is 2.32. The summed E-state index contributed by atoms with van der Waals surface area (Å²) in [7, 11) is 0. The zero-order valence-corrected chi connectivity index (χ0v) is 22.3. The van der Waals surface area contributed by atoms with E-state index in [1.807, 2.05) is 19.9 Å². The molecule has 0 aliphatic heterocycles. The molecule has 1 atom stereocenters. The molecular weight excluding hydrogens is 505 g/mol. The number of halogens is 3. The van der Waals surface area contributed by atoms with E-state index in [-0.39, 0.29) is 18.6 Å². The lowest BCUT2D eigenvalue weighted by Gasteiger charge is -2.25. The van der Waals surface area contributed by atoms with Crippen LogP contribution in [0.15, 0.2) is 42.5 Å². The van der Waals surface area contributed by atoms with Gasteiger partial charge in [0.1, 0.15) is 15.6 Å². The van der Waals surface area contributed by atoms with Gasteiger partial charge in [0.2, 0.25) is 0 Å². The molecule has 0 aliphatic rings. The number of hydrogen-bond acceptors (Lipinski definition) is 6. The number of thiazole rings is 1. The molecule has 1 N–H and O–H groups in total. The monoisotopic (exact) mass is 534 g/mol. The van der Waals surface area contributed by atoms with E-state index in [2.05, 4.69) is 10.3 Å². The Bertz CT molecular complexity index is 1280. The number of nitrogens with zero attached hydrogens (tertiary/aromatic N) is 1.